The van der Waals surface area contributed by atoms with E-state index in [-0.39, 0.29) is 17.7 Å². The van der Waals surface area contributed by atoms with Gasteiger partial charge in [0.05, 0.1) is 23.6 Å². The topological polar surface area (TPSA) is 67.5 Å². The van der Waals surface area contributed by atoms with E-state index in [1.807, 2.05) is 0 Å². The lowest BCUT2D eigenvalue weighted by molar-refractivity contribution is 0.0691. The maximum atomic E-state index is 14.4. The summed E-state index contributed by atoms with van der Waals surface area (Å²) in [6.45, 7) is 0.0576. The fourth-order valence-corrected chi connectivity index (χ4v) is 3.15. The first kappa shape index (κ1) is 16.5. The molecule has 0 amide bonds. The van der Waals surface area contributed by atoms with Crippen LogP contribution in [0.25, 0.3) is 5.69 Å². The van der Waals surface area contributed by atoms with Crippen molar-refractivity contribution in [3.05, 3.63) is 75.8 Å². The van der Waals surface area contributed by atoms with Gasteiger partial charge in [-0.25, -0.2) is 13.9 Å². The zero-order chi connectivity index (χ0) is 18.4. The second kappa shape index (κ2) is 6.11. The lowest BCUT2D eigenvalue weighted by Gasteiger charge is -2.12. The minimum absolute atomic E-state index is 0.0388. The van der Waals surface area contributed by atoms with Gasteiger partial charge in [-0.15, -0.1) is 0 Å². The number of aliphatic imine (C=N–C) groups is 1. The number of aromatic nitrogens is 2. The molecule has 5 nitrogen and oxygen atoms in total. The average molecular weight is 366 g/mol. The molecular formula is C18H10BClFN3O2. The summed E-state index contributed by atoms with van der Waals surface area (Å²) < 4.78 is 15.8. The predicted octanol–water partition coefficient (Wildman–Crippen LogP) is 2.51. The van der Waals surface area contributed by atoms with Crippen molar-refractivity contribution in [1.29, 1.82) is 0 Å². The Morgan fingerprint density at radius 2 is 2.00 bits per heavy atom. The molecule has 4 rings (SSSR count). The largest absolute Gasteiger partial charge is 0.476 e. The third-order valence-corrected chi connectivity index (χ3v) is 4.42. The Morgan fingerprint density at radius 1 is 1.23 bits per heavy atom. The molecule has 26 heavy (non-hydrogen) atoms. The van der Waals surface area contributed by atoms with Crippen LogP contribution in [0.2, 0.25) is 5.02 Å². The van der Waals surface area contributed by atoms with Crippen molar-refractivity contribution in [3.8, 4) is 5.69 Å². The molecule has 2 heterocycles. The van der Waals surface area contributed by atoms with Crippen LogP contribution in [0.3, 0.4) is 0 Å². The fraction of sp³-hybridized carbons (Fsp3) is 0.0556. The van der Waals surface area contributed by atoms with E-state index in [2.05, 4.69) is 10.1 Å². The highest BCUT2D eigenvalue weighted by Crippen LogP contribution is 2.28. The molecule has 8 heteroatoms. The quantitative estimate of drug-likeness (QED) is 0.710. The van der Waals surface area contributed by atoms with Crippen molar-refractivity contribution in [2.45, 2.75) is 6.54 Å². The lowest BCUT2D eigenvalue weighted by atomic mass is 9.93. The summed E-state index contributed by atoms with van der Waals surface area (Å²) in [7, 11) is 5.96. The second-order valence-electron chi connectivity index (χ2n) is 5.73. The van der Waals surface area contributed by atoms with Gasteiger partial charge >= 0.3 is 5.97 Å². The summed E-state index contributed by atoms with van der Waals surface area (Å²) in [5.41, 5.74) is 2.02. The number of nitrogens with zero attached hydrogens (tertiary/aromatic N) is 3. The van der Waals surface area contributed by atoms with E-state index in [4.69, 9.17) is 19.4 Å². The Morgan fingerprint density at radius 3 is 2.73 bits per heavy atom. The molecule has 0 aliphatic carbocycles. The standard InChI is InChI=1S/C18H10BClFN3O2/c19-15-14-8-22-16(10-3-1-2-4-12(10)21)11-7-9(20)5-6-13(11)24(14)23-17(15)18(25)26/h1-7H,8H2,(H,25,26). The molecule has 0 saturated heterocycles. The van der Waals surface area contributed by atoms with Crippen LogP contribution in [0.5, 0.6) is 0 Å². The van der Waals surface area contributed by atoms with E-state index in [9.17, 15) is 14.3 Å². The predicted molar refractivity (Wildman–Crippen MR) is 96.7 cm³/mol. The van der Waals surface area contributed by atoms with Gasteiger partial charge in [-0.05, 0) is 35.8 Å². The third kappa shape index (κ3) is 2.52. The number of benzene rings is 2. The Kier molecular flexibility index (Phi) is 3.88. The van der Waals surface area contributed by atoms with E-state index in [0.717, 1.165) is 0 Å². The molecule has 0 atom stereocenters. The number of carboxylic acid groups (broad SMARTS) is 1. The first-order valence-corrected chi connectivity index (χ1v) is 8.05. The van der Waals surface area contributed by atoms with Crippen LogP contribution in [0.15, 0.2) is 47.5 Å². The van der Waals surface area contributed by atoms with Crippen molar-refractivity contribution in [3.63, 3.8) is 0 Å². The third-order valence-electron chi connectivity index (χ3n) is 4.18. The molecule has 126 valence electrons. The number of aromatic carboxylic acids is 1. The summed E-state index contributed by atoms with van der Waals surface area (Å²) in [4.78, 5) is 15.9. The molecule has 0 saturated carbocycles. The maximum Gasteiger partial charge on any atom is 0.355 e. The highest BCUT2D eigenvalue weighted by Gasteiger charge is 2.26. The van der Waals surface area contributed by atoms with Gasteiger partial charge in [0.15, 0.2) is 5.69 Å². The van der Waals surface area contributed by atoms with Crippen molar-refractivity contribution < 1.29 is 14.3 Å². The molecular weight excluding hydrogens is 355 g/mol. The SMILES string of the molecule is [B]c1c(C(=O)O)nn2c1CN=C(c1ccccc1F)c1cc(Cl)ccc1-2. The van der Waals surface area contributed by atoms with Crippen LogP contribution in [0.1, 0.15) is 27.3 Å². The molecule has 1 aliphatic rings. The first-order chi connectivity index (χ1) is 12.5. The van der Waals surface area contributed by atoms with Crippen LogP contribution in [-0.4, -0.2) is 34.4 Å². The Balaban J connectivity index is 2.02. The Labute approximate surface area is 154 Å². The van der Waals surface area contributed by atoms with E-state index < -0.39 is 11.8 Å². The van der Waals surface area contributed by atoms with Gasteiger partial charge in [-0.3, -0.25) is 4.99 Å². The van der Waals surface area contributed by atoms with Crippen LogP contribution >= 0.6 is 11.6 Å². The number of hydrogen-bond donors (Lipinski definition) is 1. The molecule has 2 radical (unpaired) electrons. The van der Waals surface area contributed by atoms with Gasteiger partial charge in [0, 0.05) is 16.1 Å². The summed E-state index contributed by atoms with van der Waals surface area (Å²) in [6.07, 6.45) is 0. The molecule has 0 unspecified atom stereocenters. The summed E-state index contributed by atoms with van der Waals surface area (Å²) in [5.74, 6) is -1.65. The second-order valence-corrected chi connectivity index (χ2v) is 6.17. The van der Waals surface area contributed by atoms with Crippen molar-refractivity contribution in [2.75, 3.05) is 0 Å². The molecule has 1 aliphatic heterocycles. The van der Waals surface area contributed by atoms with Crippen LogP contribution in [-0.2, 0) is 6.54 Å². The van der Waals surface area contributed by atoms with Gasteiger partial charge in [-0.2, -0.15) is 5.10 Å². The van der Waals surface area contributed by atoms with E-state index >= 15 is 0 Å². The monoisotopic (exact) mass is 365 g/mol. The van der Waals surface area contributed by atoms with Crippen LogP contribution < -0.4 is 5.46 Å². The molecule has 2 aromatic carbocycles. The van der Waals surface area contributed by atoms with Gasteiger partial charge in [0.2, 0.25) is 0 Å². The molecule has 0 bridgehead atoms. The zero-order valence-corrected chi connectivity index (χ0v) is 14.0. The normalized spacial score (nSPS) is 12.8. The number of halogens is 2. The van der Waals surface area contributed by atoms with Crippen molar-refractivity contribution >= 4 is 36.6 Å². The summed E-state index contributed by atoms with van der Waals surface area (Å²) >= 11 is 6.14. The van der Waals surface area contributed by atoms with Gasteiger partial charge in [0.1, 0.15) is 13.7 Å². The van der Waals surface area contributed by atoms with Crippen LogP contribution in [0, 0.1) is 5.82 Å². The van der Waals surface area contributed by atoms with E-state index in [1.165, 1.54) is 10.7 Å². The maximum absolute atomic E-state index is 14.4. The summed E-state index contributed by atoms with van der Waals surface area (Å²) in [5, 5.41) is 13.8. The molecule has 1 N–H and O–H groups in total. The van der Waals surface area contributed by atoms with Crippen LogP contribution in [0.4, 0.5) is 4.39 Å². The molecule has 0 spiro atoms. The number of carboxylic acids is 1. The lowest BCUT2D eigenvalue weighted by Crippen LogP contribution is -2.16. The number of rotatable bonds is 2. The smallest absolute Gasteiger partial charge is 0.355 e. The molecule has 3 aromatic rings. The highest BCUT2D eigenvalue weighted by atomic mass is 35.5. The first-order valence-electron chi connectivity index (χ1n) is 7.67. The zero-order valence-electron chi connectivity index (χ0n) is 13.3. The van der Waals surface area contributed by atoms with Gasteiger partial charge in [-0.1, -0.05) is 23.7 Å². The number of carbonyl (C=O) groups is 1. The number of fused-ring (bicyclic) bond motifs is 3. The average Bonchev–Trinajstić information content (AvgIpc) is 2.85. The Bertz CT molecular complexity index is 1090. The minimum atomic E-state index is -1.23. The number of hydrogen-bond acceptors (Lipinski definition) is 3. The minimum Gasteiger partial charge on any atom is -0.476 e. The van der Waals surface area contributed by atoms with Gasteiger partial charge in [0.25, 0.3) is 0 Å². The highest BCUT2D eigenvalue weighted by molar-refractivity contribution is 6.37. The molecule has 0 fully saturated rings. The van der Waals surface area contributed by atoms with E-state index in [1.54, 1.807) is 36.4 Å². The molecule has 1 aromatic heterocycles. The van der Waals surface area contributed by atoms with Crippen molar-refractivity contribution in [2.24, 2.45) is 4.99 Å². The Hall–Kier alpha value is -2.93. The van der Waals surface area contributed by atoms with Crippen molar-refractivity contribution in [1.82, 2.24) is 9.78 Å². The fourth-order valence-electron chi connectivity index (χ4n) is 2.98. The summed E-state index contributed by atoms with van der Waals surface area (Å²) in [6, 6.07) is 11.3. The van der Waals surface area contributed by atoms with Gasteiger partial charge < -0.3 is 5.11 Å². The van der Waals surface area contributed by atoms with E-state index in [0.29, 0.717) is 33.2 Å².